The smallest absolute Gasteiger partial charge is 0.310 e. The van der Waals surface area contributed by atoms with E-state index in [0.717, 1.165) is 33.1 Å². The summed E-state index contributed by atoms with van der Waals surface area (Å²) in [6, 6.07) is 11.2. The van der Waals surface area contributed by atoms with Crippen molar-refractivity contribution in [3.05, 3.63) is 90.6 Å². The summed E-state index contributed by atoms with van der Waals surface area (Å²) in [5, 5.41) is 10.7. The molecular formula is C21H13ClFNO3S. The average molecular weight is 414 g/mol. The quantitative estimate of drug-likeness (QED) is 0.639. The zero-order chi connectivity index (χ0) is 19.8. The molecule has 0 unspecified atom stereocenters. The second kappa shape index (κ2) is 7.22. The molecule has 0 saturated heterocycles. The largest absolute Gasteiger partial charge is 0.493 e. The number of carbonyl (C=O) groups excluding carboxylic acids is 1. The topological polar surface area (TPSA) is 59.3 Å². The molecule has 0 spiro atoms. The van der Waals surface area contributed by atoms with Gasteiger partial charge in [-0.1, -0.05) is 59.3 Å². The second-order valence-electron chi connectivity index (χ2n) is 6.22. The van der Waals surface area contributed by atoms with Gasteiger partial charge >= 0.3 is 4.87 Å². The number of halogens is 2. The lowest BCUT2D eigenvalue weighted by atomic mass is 9.91. The first-order valence-electron chi connectivity index (χ1n) is 8.34. The van der Waals surface area contributed by atoms with Gasteiger partial charge < -0.3 is 5.11 Å². The molecule has 1 aliphatic rings. The number of nitrogens with zero attached hydrogens (tertiary/aromatic N) is 1. The Morgan fingerprint density at radius 3 is 2.71 bits per heavy atom. The van der Waals surface area contributed by atoms with Crippen LogP contribution < -0.4 is 4.87 Å². The molecule has 3 aromatic rings. The van der Waals surface area contributed by atoms with Crippen LogP contribution in [-0.2, 0) is 11.3 Å². The number of hydrogen-bond donors (Lipinski definition) is 1. The third kappa shape index (κ3) is 3.32. The number of thiazole rings is 1. The van der Waals surface area contributed by atoms with E-state index in [4.69, 9.17) is 11.6 Å². The number of benzene rings is 2. The summed E-state index contributed by atoms with van der Waals surface area (Å²) in [6.07, 6.45) is 4.72. The number of fused-ring (bicyclic) bond motifs is 1. The Morgan fingerprint density at radius 1 is 1.14 bits per heavy atom. The fraction of sp³-hybridized carbons (Fsp3) is 0.0476. The highest BCUT2D eigenvalue weighted by Crippen LogP contribution is 2.32. The summed E-state index contributed by atoms with van der Waals surface area (Å²) in [5.41, 5.74) is 2.53. The van der Waals surface area contributed by atoms with Crippen LogP contribution in [0, 0.1) is 5.82 Å². The fourth-order valence-electron chi connectivity index (χ4n) is 3.02. The van der Waals surface area contributed by atoms with Crippen molar-refractivity contribution in [2.75, 3.05) is 0 Å². The summed E-state index contributed by atoms with van der Waals surface area (Å²) < 4.78 is 14.4. The molecule has 140 valence electrons. The van der Waals surface area contributed by atoms with Crippen molar-refractivity contribution in [3.63, 3.8) is 0 Å². The minimum absolute atomic E-state index is 0.00606. The van der Waals surface area contributed by atoms with E-state index in [1.165, 1.54) is 24.3 Å². The van der Waals surface area contributed by atoms with E-state index in [-0.39, 0.29) is 28.1 Å². The van der Waals surface area contributed by atoms with Gasteiger partial charge in [0.2, 0.25) is 5.88 Å². The highest BCUT2D eigenvalue weighted by atomic mass is 35.5. The Morgan fingerprint density at radius 2 is 1.93 bits per heavy atom. The molecule has 0 radical (unpaired) electrons. The first-order chi connectivity index (χ1) is 13.4. The van der Waals surface area contributed by atoms with Gasteiger partial charge in [0.1, 0.15) is 5.82 Å². The van der Waals surface area contributed by atoms with Gasteiger partial charge in [0.05, 0.1) is 11.4 Å². The lowest BCUT2D eigenvalue weighted by Gasteiger charge is -2.12. The van der Waals surface area contributed by atoms with Gasteiger partial charge in [-0.3, -0.25) is 14.2 Å². The Balaban J connectivity index is 1.76. The number of ketones is 1. The zero-order valence-electron chi connectivity index (χ0n) is 14.4. The Labute approximate surface area is 168 Å². The van der Waals surface area contributed by atoms with E-state index in [2.05, 4.69) is 0 Å². The van der Waals surface area contributed by atoms with Crippen molar-refractivity contribution in [3.8, 4) is 5.88 Å². The Kier molecular flexibility index (Phi) is 4.75. The molecule has 1 N–H and O–H groups in total. The van der Waals surface area contributed by atoms with Crippen LogP contribution in [0.3, 0.4) is 0 Å². The van der Waals surface area contributed by atoms with Gasteiger partial charge in [-0.25, -0.2) is 4.39 Å². The first-order valence-corrected chi connectivity index (χ1v) is 9.53. The number of rotatable bonds is 3. The summed E-state index contributed by atoms with van der Waals surface area (Å²) in [7, 11) is 0. The molecule has 2 aromatic carbocycles. The number of carbonyl (C=O) groups is 1. The Hall–Kier alpha value is -2.96. The van der Waals surface area contributed by atoms with Crippen molar-refractivity contribution >= 4 is 46.4 Å². The molecule has 0 aliphatic heterocycles. The van der Waals surface area contributed by atoms with Gasteiger partial charge in [0, 0.05) is 10.6 Å². The molecule has 28 heavy (non-hydrogen) atoms. The van der Waals surface area contributed by atoms with Crippen LogP contribution in [0.15, 0.2) is 53.3 Å². The number of aromatic nitrogens is 1. The van der Waals surface area contributed by atoms with E-state index >= 15 is 0 Å². The molecule has 1 heterocycles. The maximum atomic E-state index is 13.2. The van der Waals surface area contributed by atoms with Crippen molar-refractivity contribution < 1.29 is 14.3 Å². The van der Waals surface area contributed by atoms with Crippen molar-refractivity contribution in [1.29, 1.82) is 0 Å². The van der Waals surface area contributed by atoms with Crippen LogP contribution in [0.4, 0.5) is 4.39 Å². The van der Waals surface area contributed by atoms with E-state index < -0.39 is 10.7 Å². The first kappa shape index (κ1) is 18.4. The van der Waals surface area contributed by atoms with Crippen LogP contribution in [0.5, 0.6) is 5.88 Å². The van der Waals surface area contributed by atoms with Crippen LogP contribution in [0.2, 0.25) is 5.02 Å². The highest BCUT2D eigenvalue weighted by Gasteiger charge is 2.20. The molecule has 0 fully saturated rings. The number of allylic oxidation sites excluding steroid dienone is 2. The summed E-state index contributed by atoms with van der Waals surface area (Å²) in [6.45, 7) is -0.00606. The molecule has 1 aromatic heterocycles. The lowest BCUT2D eigenvalue weighted by Crippen LogP contribution is -2.13. The molecule has 0 bridgehead atoms. The van der Waals surface area contributed by atoms with Crippen LogP contribution >= 0.6 is 22.9 Å². The lowest BCUT2D eigenvalue weighted by molar-refractivity contribution is -0.109. The predicted octanol–water partition coefficient (Wildman–Crippen LogP) is 4.59. The zero-order valence-corrected chi connectivity index (χ0v) is 15.9. The second-order valence-corrected chi connectivity index (χ2v) is 7.62. The van der Waals surface area contributed by atoms with Gasteiger partial charge in [0.15, 0.2) is 5.78 Å². The number of hydrogen-bond acceptors (Lipinski definition) is 4. The third-order valence-electron chi connectivity index (χ3n) is 4.44. The standard InChI is InChI=1S/C21H13ClFNO3S/c22-17-9-14(23)7-5-13(17)11-24-20(26)19(28-21(24)27)10-16-15-4-2-1-3-12(15)6-8-18(16)25/h1-10,26H,11H2/b16-10-. The van der Waals surface area contributed by atoms with E-state index in [1.54, 1.807) is 6.08 Å². The summed E-state index contributed by atoms with van der Waals surface area (Å²) in [4.78, 5) is 24.6. The molecule has 1 aliphatic carbocycles. The van der Waals surface area contributed by atoms with Crippen molar-refractivity contribution in [2.24, 2.45) is 0 Å². The van der Waals surface area contributed by atoms with Gasteiger partial charge in [0.25, 0.3) is 0 Å². The molecular weight excluding hydrogens is 401 g/mol. The molecule has 7 heteroatoms. The molecule has 4 rings (SSSR count). The Bertz CT molecular complexity index is 1220. The molecule has 0 amide bonds. The third-order valence-corrected chi connectivity index (χ3v) is 5.71. The van der Waals surface area contributed by atoms with Crippen LogP contribution in [0.25, 0.3) is 17.7 Å². The van der Waals surface area contributed by atoms with E-state index in [9.17, 15) is 19.1 Å². The maximum absolute atomic E-state index is 13.2. The predicted molar refractivity (Wildman–Crippen MR) is 109 cm³/mol. The van der Waals surface area contributed by atoms with Gasteiger partial charge in [-0.2, -0.15) is 0 Å². The summed E-state index contributed by atoms with van der Waals surface area (Å²) >= 11 is 6.85. The van der Waals surface area contributed by atoms with Gasteiger partial charge in [-0.05, 0) is 41.0 Å². The van der Waals surface area contributed by atoms with Gasteiger partial charge in [-0.15, -0.1) is 0 Å². The molecule has 0 saturated carbocycles. The maximum Gasteiger partial charge on any atom is 0.310 e. The monoisotopic (exact) mass is 413 g/mol. The summed E-state index contributed by atoms with van der Waals surface area (Å²) in [5.74, 6) is -0.946. The average Bonchev–Trinajstić information content (AvgIpc) is 2.93. The highest BCUT2D eigenvalue weighted by molar-refractivity contribution is 7.10. The SMILES string of the molecule is O=C1C=Cc2ccccc2/C1=C/c1sc(=O)n(Cc2ccc(F)cc2Cl)c1O. The van der Waals surface area contributed by atoms with E-state index in [1.807, 2.05) is 24.3 Å². The minimum Gasteiger partial charge on any atom is -0.493 e. The fourth-order valence-corrected chi connectivity index (χ4v) is 4.08. The van der Waals surface area contributed by atoms with Crippen LogP contribution in [0.1, 0.15) is 21.6 Å². The van der Waals surface area contributed by atoms with E-state index in [0.29, 0.717) is 11.1 Å². The van der Waals surface area contributed by atoms with Crippen molar-refractivity contribution in [1.82, 2.24) is 4.57 Å². The van der Waals surface area contributed by atoms with Crippen molar-refractivity contribution in [2.45, 2.75) is 6.54 Å². The minimum atomic E-state index is -0.483. The number of aromatic hydroxyl groups is 1. The van der Waals surface area contributed by atoms with Crippen LogP contribution in [-0.4, -0.2) is 15.5 Å². The normalized spacial score (nSPS) is 14.5. The molecule has 4 nitrogen and oxygen atoms in total. The molecule has 0 atom stereocenters.